The van der Waals surface area contributed by atoms with Crippen LogP contribution in [-0.4, -0.2) is 19.8 Å². The van der Waals surface area contributed by atoms with E-state index in [0.29, 0.717) is 18.3 Å². The van der Waals surface area contributed by atoms with Gasteiger partial charge in [0.15, 0.2) is 11.5 Å². The summed E-state index contributed by atoms with van der Waals surface area (Å²) in [6.45, 7) is -0.0332. The van der Waals surface area contributed by atoms with Crippen molar-refractivity contribution in [2.45, 2.75) is 51.8 Å². The lowest BCUT2D eigenvalue weighted by Gasteiger charge is -2.17. The molecule has 5 heteroatoms. The molecular formula is C16H23F2NO2. The minimum Gasteiger partial charge on any atom is -0.493 e. The average Bonchev–Trinajstić information content (AvgIpc) is 3.27. The van der Waals surface area contributed by atoms with Crippen LogP contribution in [0.25, 0.3) is 0 Å². The van der Waals surface area contributed by atoms with E-state index in [9.17, 15) is 8.78 Å². The molecule has 0 aliphatic heterocycles. The molecule has 0 aromatic heterocycles. The highest BCUT2D eigenvalue weighted by molar-refractivity contribution is 5.43. The minimum absolute atomic E-state index is 0.0852. The van der Waals surface area contributed by atoms with Gasteiger partial charge in [0.05, 0.1) is 7.11 Å². The SMILES string of the molecule is CCC(CC1CC1)NCc1ccc(OC)c(OC(F)F)c1. The van der Waals surface area contributed by atoms with Gasteiger partial charge in [-0.05, 0) is 36.5 Å². The monoisotopic (exact) mass is 299 g/mol. The quantitative estimate of drug-likeness (QED) is 0.748. The molecule has 21 heavy (non-hydrogen) atoms. The van der Waals surface area contributed by atoms with E-state index in [1.807, 2.05) is 6.07 Å². The Labute approximate surface area is 124 Å². The van der Waals surface area contributed by atoms with Gasteiger partial charge in [-0.25, -0.2) is 0 Å². The second-order valence-corrected chi connectivity index (χ2v) is 5.53. The first-order valence-electron chi connectivity index (χ1n) is 7.47. The Morgan fingerprint density at radius 2 is 2.05 bits per heavy atom. The van der Waals surface area contributed by atoms with E-state index >= 15 is 0 Å². The second-order valence-electron chi connectivity index (χ2n) is 5.53. The highest BCUT2D eigenvalue weighted by Gasteiger charge is 2.24. The van der Waals surface area contributed by atoms with Gasteiger partial charge in [0.2, 0.25) is 0 Å². The Morgan fingerprint density at radius 1 is 1.29 bits per heavy atom. The molecule has 2 rings (SSSR count). The van der Waals surface area contributed by atoms with Crippen LogP contribution in [0.2, 0.25) is 0 Å². The van der Waals surface area contributed by atoms with Gasteiger partial charge < -0.3 is 14.8 Å². The summed E-state index contributed by atoms with van der Waals surface area (Å²) in [5.74, 6) is 1.28. The fourth-order valence-corrected chi connectivity index (χ4v) is 2.43. The molecule has 1 aromatic rings. The predicted molar refractivity (Wildman–Crippen MR) is 77.9 cm³/mol. The molecule has 1 aliphatic rings. The topological polar surface area (TPSA) is 30.5 Å². The van der Waals surface area contributed by atoms with Crippen LogP contribution in [0.4, 0.5) is 8.78 Å². The minimum atomic E-state index is -2.85. The Kier molecular flexibility index (Phi) is 5.79. The van der Waals surface area contributed by atoms with Gasteiger partial charge in [-0.2, -0.15) is 8.78 Å². The third-order valence-corrected chi connectivity index (χ3v) is 3.85. The Bertz CT molecular complexity index is 450. The Balaban J connectivity index is 1.95. The van der Waals surface area contributed by atoms with Gasteiger partial charge in [0.1, 0.15) is 0 Å². The van der Waals surface area contributed by atoms with Crippen LogP contribution in [0.3, 0.4) is 0 Å². The van der Waals surface area contributed by atoms with E-state index in [1.54, 1.807) is 12.1 Å². The number of methoxy groups -OCH3 is 1. The highest BCUT2D eigenvalue weighted by Crippen LogP contribution is 2.34. The zero-order chi connectivity index (χ0) is 15.2. The van der Waals surface area contributed by atoms with Crippen LogP contribution in [0.15, 0.2) is 18.2 Å². The van der Waals surface area contributed by atoms with E-state index in [4.69, 9.17) is 4.74 Å². The molecule has 1 aromatic carbocycles. The molecule has 1 atom stereocenters. The van der Waals surface area contributed by atoms with Gasteiger partial charge in [-0.1, -0.05) is 25.8 Å². The van der Waals surface area contributed by atoms with Crippen LogP contribution in [-0.2, 0) is 6.54 Å². The zero-order valence-corrected chi connectivity index (χ0v) is 12.6. The average molecular weight is 299 g/mol. The van der Waals surface area contributed by atoms with E-state index in [-0.39, 0.29) is 5.75 Å². The summed E-state index contributed by atoms with van der Waals surface area (Å²) in [7, 11) is 1.44. The smallest absolute Gasteiger partial charge is 0.387 e. The normalized spacial score (nSPS) is 16.0. The van der Waals surface area contributed by atoms with Crippen LogP contribution in [0.5, 0.6) is 11.5 Å². The lowest BCUT2D eigenvalue weighted by molar-refractivity contribution is -0.0512. The molecule has 1 fully saturated rings. The molecule has 1 N–H and O–H groups in total. The molecule has 0 saturated heterocycles. The third kappa shape index (κ3) is 5.16. The van der Waals surface area contributed by atoms with E-state index in [0.717, 1.165) is 17.9 Å². The Hall–Kier alpha value is -1.36. The maximum absolute atomic E-state index is 12.4. The summed E-state index contributed by atoms with van der Waals surface area (Å²) in [6.07, 6.45) is 4.96. The number of hydrogen-bond donors (Lipinski definition) is 1. The standard InChI is InChI=1S/C16H23F2NO2/c1-3-13(8-11-4-5-11)19-10-12-6-7-14(20-2)15(9-12)21-16(17)18/h6-7,9,11,13,16,19H,3-5,8,10H2,1-2H3. The van der Waals surface area contributed by atoms with Gasteiger partial charge in [-0.15, -0.1) is 0 Å². The number of benzene rings is 1. The van der Waals surface area contributed by atoms with Crippen molar-refractivity contribution in [3.63, 3.8) is 0 Å². The number of nitrogens with one attached hydrogen (secondary N) is 1. The summed E-state index contributed by atoms with van der Waals surface area (Å²) >= 11 is 0. The molecule has 0 spiro atoms. The summed E-state index contributed by atoms with van der Waals surface area (Å²) in [5.41, 5.74) is 0.917. The van der Waals surface area contributed by atoms with Crippen molar-refractivity contribution >= 4 is 0 Å². The van der Waals surface area contributed by atoms with Crippen molar-refractivity contribution in [2.75, 3.05) is 7.11 Å². The van der Waals surface area contributed by atoms with E-state index < -0.39 is 6.61 Å². The molecule has 0 heterocycles. The second kappa shape index (κ2) is 7.59. The van der Waals surface area contributed by atoms with Crippen LogP contribution >= 0.6 is 0 Å². The molecule has 1 aliphatic carbocycles. The lowest BCUT2D eigenvalue weighted by atomic mass is 10.1. The van der Waals surface area contributed by atoms with Crippen molar-refractivity contribution in [3.8, 4) is 11.5 Å². The number of halogens is 2. The summed E-state index contributed by atoms with van der Waals surface area (Å²) < 4.78 is 34.3. The molecule has 0 radical (unpaired) electrons. The van der Waals surface area contributed by atoms with E-state index in [1.165, 1.54) is 26.4 Å². The Morgan fingerprint density at radius 3 is 2.62 bits per heavy atom. The number of hydrogen-bond acceptors (Lipinski definition) is 3. The molecule has 1 saturated carbocycles. The van der Waals surface area contributed by atoms with Crippen molar-refractivity contribution < 1.29 is 18.3 Å². The molecule has 0 amide bonds. The van der Waals surface area contributed by atoms with E-state index in [2.05, 4.69) is 17.0 Å². The molecule has 0 bridgehead atoms. The number of rotatable bonds is 9. The van der Waals surface area contributed by atoms with Gasteiger partial charge in [0.25, 0.3) is 0 Å². The van der Waals surface area contributed by atoms with Crippen LogP contribution < -0.4 is 14.8 Å². The van der Waals surface area contributed by atoms with Gasteiger partial charge in [0, 0.05) is 12.6 Å². The zero-order valence-electron chi connectivity index (χ0n) is 12.6. The number of alkyl halides is 2. The predicted octanol–water partition coefficient (Wildman–Crippen LogP) is 3.96. The van der Waals surface area contributed by atoms with Crippen molar-refractivity contribution in [2.24, 2.45) is 5.92 Å². The summed E-state index contributed by atoms with van der Waals surface area (Å²) in [6, 6.07) is 5.63. The molecule has 1 unspecified atom stereocenters. The number of ether oxygens (including phenoxy) is 2. The largest absolute Gasteiger partial charge is 0.493 e. The van der Waals surface area contributed by atoms with Crippen molar-refractivity contribution in [1.82, 2.24) is 5.32 Å². The first-order valence-corrected chi connectivity index (χ1v) is 7.47. The van der Waals surface area contributed by atoms with Crippen molar-refractivity contribution in [3.05, 3.63) is 23.8 Å². The summed E-state index contributed by atoms with van der Waals surface area (Å²) in [4.78, 5) is 0. The first kappa shape index (κ1) is 16.0. The molecular weight excluding hydrogens is 276 g/mol. The summed E-state index contributed by atoms with van der Waals surface area (Å²) in [5, 5.41) is 3.49. The highest BCUT2D eigenvalue weighted by atomic mass is 19.3. The van der Waals surface area contributed by atoms with Crippen LogP contribution in [0.1, 0.15) is 38.2 Å². The van der Waals surface area contributed by atoms with Gasteiger partial charge in [-0.3, -0.25) is 0 Å². The van der Waals surface area contributed by atoms with Crippen molar-refractivity contribution in [1.29, 1.82) is 0 Å². The third-order valence-electron chi connectivity index (χ3n) is 3.85. The maximum atomic E-state index is 12.4. The van der Waals surface area contributed by atoms with Gasteiger partial charge >= 0.3 is 6.61 Å². The van der Waals surface area contributed by atoms with Crippen LogP contribution in [0, 0.1) is 5.92 Å². The lowest BCUT2D eigenvalue weighted by Crippen LogP contribution is -2.28. The fraction of sp³-hybridized carbons (Fsp3) is 0.625. The molecule has 3 nitrogen and oxygen atoms in total. The maximum Gasteiger partial charge on any atom is 0.387 e. The first-order chi connectivity index (χ1) is 10.1. The molecule has 118 valence electrons. The fourth-order valence-electron chi connectivity index (χ4n) is 2.43.